The van der Waals surface area contributed by atoms with Crippen molar-refractivity contribution in [2.75, 3.05) is 26.8 Å². The number of hydrogen-bond donors (Lipinski definition) is 0. The van der Waals surface area contributed by atoms with Gasteiger partial charge in [-0.3, -0.25) is 4.90 Å². The average Bonchev–Trinajstić information content (AvgIpc) is 3.10. The fraction of sp³-hybridized carbons (Fsp3) is 0.500. The molecule has 118 valence electrons. The molecule has 0 spiro atoms. The zero-order valence-electron chi connectivity index (χ0n) is 12.7. The number of methoxy groups -OCH3 is 1. The van der Waals surface area contributed by atoms with Gasteiger partial charge in [0.1, 0.15) is 5.82 Å². The van der Waals surface area contributed by atoms with Crippen LogP contribution < -0.4 is 0 Å². The molecule has 1 fully saturated rings. The van der Waals surface area contributed by atoms with Gasteiger partial charge in [0, 0.05) is 20.1 Å². The van der Waals surface area contributed by atoms with Crippen molar-refractivity contribution in [3.05, 3.63) is 47.4 Å². The zero-order chi connectivity index (χ0) is 15.4. The summed E-state index contributed by atoms with van der Waals surface area (Å²) in [5, 5.41) is 3.98. The van der Waals surface area contributed by atoms with E-state index in [4.69, 9.17) is 9.26 Å². The fourth-order valence-electron chi connectivity index (χ4n) is 2.88. The van der Waals surface area contributed by atoms with Gasteiger partial charge in [-0.05, 0) is 36.6 Å². The van der Waals surface area contributed by atoms with Gasteiger partial charge in [0.05, 0.1) is 13.2 Å². The molecule has 0 bridgehead atoms. The van der Waals surface area contributed by atoms with E-state index in [1.807, 2.05) is 6.07 Å². The highest BCUT2D eigenvalue weighted by molar-refractivity contribution is 5.19. The molecule has 0 aliphatic carbocycles. The van der Waals surface area contributed by atoms with E-state index in [0.29, 0.717) is 30.6 Å². The number of halogens is 1. The van der Waals surface area contributed by atoms with Crippen molar-refractivity contribution in [1.29, 1.82) is 0 Å². The van der Waals surface area contributed by atoms with Gasteiger partial charge in [-0.15, -0.1) is 0 Å². The number of hydrogen-bond acceptors (Lipinski definition) is 5. The van der Waals surface area contributed by atoms with Crippen LogP contribution in [0.15, 0.2) is 28.8 Å². The highest BCUT2D eigenvalue weighted by atomic mass is 19.1. The zero-order valence-corrected chi connectivity index (χ0v) is 12.7. The summed E-state index contributed by atoms with van der Waals surface area (Å²) in [7, 11) is 1.74. The molecule has 22 heavy (non-hydrogen) atoms. The van der Waals surface area contributed by atoms with Crippen molar-refractivity contribution < 1.29 is 13.7 Å². The first-order valence-corrected chi connectivity index (χ1v) is 7.50. The molecule has 3 rings (SSSR count). The SMILES string of the molecule is COCC1CCN(Cc2nc(Cc3cccc(F)c3)no2)C1. The molecule has 1 aromatic carbocycles. The molecule has 1 aliphatic rings. The smallest absolute Gasteiger partial charge is 0.240 e. The molecular weight excluding hydrogens is 285 g/mol. The van der Waals surface area contributed by atoms with Gasteiger partial charge in [0.15, 0.2) is 5.82 Å². The Labute approximate surface area is 129 Å². The number of likely N-dealkylation sites (tertiary alicyclic amines) is 1. The first-order valence-electron chi connectivity index (χ1n) is 7.50. The summed E-state index contributed by atoms with van der Waals surface area (Å²) in [6.45, 7) is 3.48. The molecule has 0 N–H and O–H groups in total. The molecule has 2 aromatic rings. The average molecular weight is 305 g/mol. The predicted octanol–water partition coefficient (Wildman–Crippen LogP) is 2.27. The minimum Gasteiger partial charge on any atom is -0.384 e. The molecule has 6 heteroatoms. The van der Waals surface area contributed by atoms with Crippen LogP contribution in [0.1, 0.15) is 23.7 Å². The summed E-state index contributed by atoms with van der Waals surface area (Å²) < 4.78 is 23.7. The molecule has 0 amide bonds. The van der Waals surface area contributed by atoms with Gasteiger partial charge in [0.25, 0.3) is 0 Å². The largest absolute Gasteiger partial charge is 0.384 e. The summed E-state index contributed by atoms with van der Waals surface area (Å²) in [5.41, 5.74) is 0.841. The minimum atomic E-state index is -0.248. The van der Waals surface area contributed by atoms with Crippen LogP contribution in [0.3, 0.4) is 0 Å². The third-order valence-corrected chi connectivity index (χ3v) is 3.89. The Morgan fingerprint density at radius 3 is 3.18 bits per heavy atom. The summed E-state index contributed by atoms with van der Waals surface area (Å²) in [4.78, 5) is 6.69. The molecule has 2 heterocycles. The van der Waals surface area contributed by atoms with Crippen molar-refractivity contribution in [3.8, 4) is 0 Å². The summed E-state index contributed by atoms with van der Waals surface area (Å²) in [6.07, 6.45) is 1.62. The Balaban J connectivity index is 1.55. The van der Waals surface area contributed by atoms with E-state index in [1.165, 1.54) is 12.1 Å². The first kappa shape index (κ1) is 15.1. The van der Waals surface area contributed by atoms with Gasteiger partial charge in [-0.2, -0.15) is 4.98 Å². The van der Waals surface area contributed by atoms with E-state index >= 15 is 0 Å². The van der Waals surface area contributed by atoms with E-state index in [-0.39, 0.29) is 5.82 Å². The quantitative estimate of drug-likeness (QED) is 0.819. The molecule has 1 unspecified atom stereocenters. The van der Waals surface area contributed by atoms with E-state index < -0.39 is 0 Å². The third kappa shape index (κ3) is 3.90. The Morgan fingerprint density at radius 2 is 2.36 bits per heavy atom. The fourth-order valence-corrected chi connectivity index (χ4v) is 2.88. The number of nitrogens with zero attached hydrogens (tertiary/aromatic N) is 3. The highest BCUT2D eigenvalue weighted by Gasteiger charge is 2.23. The van der Waals surface area contributed by atoms with E-state index in [2.05, 4.69) is 15.0 Å². The molecule has 1 aliphatic heterocycles. The highest BCUT2D eigenvalue weighted by Crippen LogP contribution is 2.18. The lowest BCUT2D eigenvalue weighted by atomic mass is 10.1. The van der Waals surface area contributed by atoms with Crippen LogP contribution in [0, 0.1) is 11.7 Å². The van der Waals surface area contributed by atoms with Crippen LogP contribution >= 0.6 is 0 Å². The topological polar surface area (TPSA) is 51.4 Å². The van der Waals surface area contributed by atoms with Gasteiger partial charge < -0.3 is 9.26 Å². The molecule has 1 aromatic heterocycles. The van der Waals surface area contributed by atoms with Crippen LogP contribution in [0.2, 0.25) is 0 Å². The van der Waals surface area contributed by atoms with Gasteiger partial charge in [0.2, 0.25) is 5.89 Å². The van der Waals surface area contributed by atoms with E-state index in [9.17, 15) is 4.39 Å². The van der Waals surface area contributed by atoms with Crippen LogP contribution in [0.4, 0.5) is 4.39 Å². The van der Waals surface area contributed by atoms with Crippen molar-refractivity contribution in [2.24, 2.45) is 5.92 Å². The molecule has 0 saturated carbocycles. The minimum absolute atomic E-state index is 0.248. The lowest BCUT2D eigenvalue weighted by Crippen LogP contribution is -2.21. The van der Waals surface area contributed by atoms with Crippen molar-refractivity contribution >= 4 is 0 Å². The van der Waals surface area contributed by atoms with Crippen LogP contribution in [-0.4, -0.2) is 41.8 Å². The Bertz CT molecular complexity index is 617. The molecule has 5 nitrogen and oxygen atoms in total. The van der Waals surface area contributed by atoms with E-state index in [1.54, 1.807) is 13.2 Å². The maximum Gasteiger partial charge on any atom is 0.240 e. The summed E-state index contributed by atoms with van der Waals surface area (Å²) in [6, 6.07) is 6.46. The lowest BCUT2D eigenvalue weighted by molar-refractivity contribution is 0.151. The second kappa shape index (κ2) is 6.98. The first-order chi connectivity index (χ1) is 10.7. The van der Waals surface area contributed by atoms with Gasteiger partial charge >= 0.3 is 0 Å². The Kier molecular flexibility index (Phi) is 4.80. The maximum absolute atomic E-state index is 13.2. The number of rotatable bonds is 6. The lowest BCUT2D eigenvalue weighted by Gasteiger charge is -2.12. The number of aromatic nitrogens is 2. The summed E-state index contributed by atoms with van der Waals surface area (Å²) >= 11 is 0. The monoisotopic (exact) mass is 305 g/mol. The normalized spacial score (nSPS) is 18.9. The third-order valence-electron chi connectivity index (χ3n) is 3.89. The van der Waals surface area contributed by atoms with Gasteiger partial charge in [-0.25, -0.2) is 4.39 Å². The second-order valence-electron chi connectivity index (χ2n) is 5.76. The number of benzene rings is 1. The second-order valence-corrected chi connectivity index (χ2v) is 5.76. The molecule has 1 atom stereocenters. The number of ether oxygens (including phenoxy) is 1. The van der Waals surface area contributed by atoms with Crippen molar-refractivity contribution in [1.82, 2.24) is 15.0 Å². The Hall–Kier alpha value is -1.79. The summed E-state index contributed by atoms with van der Waals surface area (Å²) in [5.74, 6) is 1.54. The molecular formula is C16H20FN3O2. The maximum atomic E-state index is 13.2. The van der Waals surface area contributed by atoms with Crippen molar-refractivity contribution in [2.45, 2.75) is 19.4 Å². The predicted molar refractivity (Wildman–Crippen MR) is 78.8 cm³/mol. The van der Waals surface area contributed by atoms with Gasteiger partial charge in [-0.1, -0.05) is 17.3 Å². The van der Waals surface area contributed by atoms with Crippen LogP contribution in [0.25, 0.3) is 0 Å². The standard InChI is InChI=1S/C16H20FN3O2/c1-21-11-13-5-6-20(9-13)10-16-18-15(19-22-16)8-12-3-2-4-14(17)7-12/h2-4,7,13H,5-6,8-11H2,1H3. The van der Waals surface area contributed by atoms with Crippen LogP contribution in [-0.2, 0) is 17.7 Å². The Morgan fingerprint density at radius 1 is 1.45 bits per heavy atom. The van der Waals surface area contributed by atoms with E-state index in [0.717, 1.165) is 31.7 Å². The molecule has 1 saturated heterocycles. The molecule has 0 radical (unpaired) electrons. The van der Waals surface area contributed by atoms with Crippen LogP contribution in [0.5, 0.6) is 0 Å². The van der Waals surface area contributed by atoms with Crippen molar-refractivity contribution in [3.63, 3.8) is 0 Å².